The van der Waals surface area contributed by atoms with E-state index in [-0.39, 0.29) is 18.4 Å². The van der Waals surface area contributed by atoms with Gasteiger partial charge in [0, 0.05) is 22.4 Å². The second-order valence-electron chi connectivity index (χ2n) is 6.63. The van der Waals surface area contributed by atoms with Crippen LogP contribution in [-0.4, -0.2) is 18.4 Å². The molecule has 0 unspecified atom stereocenters. The summed E-state index contributed by atoms with van der Waals surface area (Å²) in [6.45, 7) is -0.0110. The highest BCUT2D eigenvalue weighted by Crippen LogP contribution is 2.35. The molecule has 0 bridgehead atoms. The van der Waals surface area contributed by atoms with E-state index in [1.54, 1.807) is 41.3 Å². The van der Waals surface area contributed by atoms with Gasteiger partial charge in [-0.2, -0.15) is 0 Å². The molecule has 2 aromatic carbocycles. The van der Waals surface area contributed by atoms with E-state index in [2.05, 4.69) is 16.7 Å². The Morgan fingerprint density at radius 1 is 1.17 bits per heavy atom. The Morgan fingerprint density at radius 3 is 2.93 bits per heavy atom. The van der Waals surface area contributed by atoms with Gasteiger partial charge in [-0.3, -0.25) is 9.59 Å². The van der Waals surface area contributed by atoms with Crippen molar-refractivity contribution >= 4 is 57.3 Å². The first-order valence-electron chi connectivity index (χ1n) is 9.22. The minimum absolute atomic E-state index is 0.0110. The van der Waals surface area contributed by atoms with E-state index in [4.69, 9.17) is 9.15 Å². The lowest BCUT2D eigenvalue weighted by Crippen LogP contribution is -2.25. The highest BCUT2D eigenvalue weighted by molar-refractivity contribution is 8.00. The van der Waals surface area contributed by atoms with Crippen molar-refractivity contribution < 1.29 is 18.7 Å². The topological polar surface area (TPSA) is 80.6 Å². The molecule has 3 heterocycles. The molecule has 30 heavy (non-hydrogen) atoms. The van der Waals surface area contributed by atoms with Gasteiger partial charge in [0.1, 0.15) is 11.3 Å². The first-order chi connectivity index (χ1) is 14.7. The van der Waals surface area contributed by atoms with E-state index < -0.39 is 0 Å². The molecule has 2 amide bonds. The average molecular weight is 437 g/mol. The van der Waals surface area contributed by atoms with Gasteiger partial charge in [-0.25, -0.2) is 0 Å². The van der Waals surface area contributed by atoms with Crippen LogP contribution in [0.1, 0.15) is 16.1 Å². The van der Waals surface area contributed by atoms with E-state index in [9.17, 15) is 9.59 Å². The number of hydrogen-bond acceptors (Lipinski definition) is 6. The number of hydrogen-bond donors (Lipinski definition) is 2. The fourth-order valence-corrected chi connectivity index (χ4v) is 5.08. The van der Waals surface area contributed by atoms with Crippen molar-refractivity contribution in [2.75, 3.05) is 17.2 Å². The lowest BCUT2D eigenvalue weighted by molar-refractivity contribution is -0.118. The van der Waals surface area contributed by atoms with Crippen LogP contribution in [0.2, 0.25) is 0 Å². The molecule has 0 spiro atoms. The molecule has 1 aliphatic rings. The summed E-state index contributed by atoms with van der Waals surface area (Å²) in [6, 6.07) is 16.8. The summed E-state index contributed by atoms with van der Waals surface area (Å²) in [7, 11) is 0. The summed E-state index contributed by atoms with van der Waals surface area (Å²) in [5, 5.41) is 8.57. The fraction of sp³-hybridized carbons (Fsp3) is 0.0909. The zero-order valence-corrected chi connectivity index (χ0v) is 17.3. The number of benzene rings is 2. The van der Waals surface area contributed by atoms with Gasteiger partial charge in [-0.15, -0.1) is 23.1 Å². The molecule has 0 atom stereocenters. The maximum absolute atomic E-state index is 13.1. The molecule has 150 valence electrons. The van der Waals surface area contributed by atoms with Gasteiger partial charge in [0.25, 0.3) is 11.8 Å². The highest BCUT2D eigenvalue weighted by Gasteiger charge is 2.22. The normalized spacial score (nSPS) is 12.9. The van der Waals surface area contributed by atoms with Gasteiger partial charge >= 0.3 is 0 Å². The molecular formula is C22H16N2O4S2. The van der Waals surface area contributed by atoms with Crippen molar-refractivity contribution in [3.8, 4) is 5.75 Å². The number of para-hydroxylation sites is 1. The number of anilines is 2. The lowest BCUT2D eigenvalue weighted by atomic mass is 10.1. The van der Waals surface area contributed by atoms with Crippen molar-refractivity contribution in [3.63, 3.8) is 0 Å². The Morgan fingerprint density at radius 2 is 2.07 bits per heavy atom. The second kappa shape index (κ2) is 7.89. The number of thioether (sulfide) groups is 1. The van der Waals surface area contributed by atoms with Gasteiger partial charge in [-0.05, 0) is 35.7 Å². The van der Waals surface area contributed by atoms with Gasteiger partial charge in [0.15, 0.2) is 12.4 Å². The average Bonchev–Trinajstić information content (AvgIpc) is 3.39. The van der Waals surface area contributed by atoms with Crippen LogP contribution < -0.4 is 15.4 Å². The molecule has 0 saturated heterocycles. The summed E-state index contributed by atoms with van der Waals surface area (Å²) in [6.07, 6.45) is 0. The summed E-state index contributed by atoms with van der Waals surface area (Å²) in [4.78, 5) is 24.6. The van der Waals surface area contributed by atoms with E-state index >= 15 is 0 Å². The van der Waals surface area contributed by atoms with Crippen LogP contribution in [0.4, 0.5) is 11.4 Å². The van der Waals surface area contributed by atoms with Crippen LogP contribution in [0.3, 0.4) is 0 Å². The molecule has 0 saturated carbocycles. The van der Waals surface area contributed by atoms with E-state index in [1.165, 1.54) is 4.21 Å². The SMILES string of the molecule is O=C1COc2ccc(NC(=O)c3oc4ccccc4c3CSc3cccs3)cc2N1. The summed E-state index contributed by atoms with van der Waals surface area (Å²) in [5.74, 6) is 0.920. The summed E-state index contributed by atoms with van der Waals surface area (Å²) >= 11 is 3.34. The quantitative estimate of drug-likeness (QED) is 0.411. The molecular weight excluding hydrogens is 420 g/mol. The van der Waals surface area contributed by atoms with Crippen LogP contribution in [0.5, 0.6) is 5.75 Å². The zero-order valence-electron chi connectivity index (χ0n) is 15.6. The predicted octanol–water partition coefficient (Wildman–Crippen LogP) is 5.37. The standard InChI is InChI=1S/C22H16N2O4S2/c25-19-11-27-18-8-7-13(10-16(18)24-19)23-22(26)21-15(12-30-20-6-3-9-29-20)14-4-1-2-5-17(14)28-21/h1-10H,11-12H2,(H,23,26)(H,24,25). The Balaban J connectivity index is 1.43. The molecule has 0 radical (unpaired) electrons. The monoisotopic (exact) mass is 436 g/mol. The van der Waals surface area contributed by atoms with Crippen LogP contribution in [-0.2, 0) is 10.5 Å². The molecule has 6 nitrogen and oxygen atoms in total. The molecule has 1 aliphatic heterocycles. The van der Waals surface area contributed by atoms with Crippen molar-refractivity contribution in [1.82, 2.24) is 0 Å². The van der Waals surface area contributed by atoms with Crippen LogP contribution in [0, 0.1) is 0 Å². The van der Waals surface area contributed by atoms with Gasteiger partial charge in [-0.1, -0.05) is 24.3 Å². The largest absolute Gasteiger partial charge is 0.482 e. The van der Waals surface area contributed by atoms with Crippen molar-refractivity contribution in [3.05, 3.63) is 71.3 Å². The maximum Gasteiger partial charge on any atom is 0.291 e. The third-order valence-corrected chi connectivity index (χ3v) is 6.79. The van der Waals surface area contributed by atoms with E-state index in [0.29, 0.717) is 34.2 Å². The fourth-order valence-electron chi connectivity index (χ4n) is 3.26. The third kappa shape index (κ3) is 3.67. The van der Waals surface area contributed by atoms with Crippen molar-refractivity contribution in [2.24, 2.45) is 0 Å². The Hall–Kier alpha value is -3.23. The van der Waals surface area contributed by atoms with E-state index in [1.807, 2.05) is 35.7 Å². The van der Waals surface area contributed by atoms with Crippen LogP contribution >= 0.6 is 23.1 Å². The number of nitrogens with one attached hydrogen (secondary N) is 2. The Labute approximate surface area is 180 Å². The molecule has 2 aromatic heterocycles. The number of carbonyl (C=O) groups excluding carboxylic acids is 2. The second-order valence-corrected chi connectivity index (χ2v) is 8.85. The number of ether oxygens (including phenoxy) is 1. The van der Waals surface area contributed by atoms with Gasteiger partial charge in [0.05, 0.1) is 9.90 Å². The Kier molecular flexibility index (Phi) is 4.94. The molecule has 5 rings (SSSR count). The predicted molar refractivity (Wildman–Crippen MR) is 119 cm³/mol. The molecule has 4 aromatic rings. The first kappa shape index (κ1) is 18.8. The molecule has 0 aliphatic carbocycles. The number of fused-ring (bicyclic) bond motifs is 2. The molecule has 0 fully saturated rings. The zero-order chi connectivity index (χ0) is 20.5. The third-order valence-electron chi connectivity index (χ3n) is 4.63. The minimum atomic E-state index is -0.337. The van der Waals surface area contributed by atoms with Crippen molar-refractivity contribution in [1.29, 1.82) is 0 Å². The summed E-state index contributed by atoms with van der Waals surface area (Å²) < 4.78 is 12.5. The van der Waals surface area contributed by atoms with Crippen LogP contribution in [0.25, 0.3) is 11.0 Å². The number of thiophene rings is 1. The summed E-state index contributed by atoms with van der Waals surface area (Å²) in [5.41, 5.74) is 2.61. The van der Waals surface area contributed by atoms with Crippen molar-refractivity contribution in [2.45, 2.75) is 9.96 Å². The number of rotatable bonds is 5. The van der Waals surface area contributed by atoms with Gasteiger partial charge in [0.2, 0.25) is 0 Å². The van der Waals surface area contributed by atoms with Crippen LogP contribution in [0.15, 0.2) is 68.6 Å². The molecule has 2 N–H and O–H groups in total. The highest BCUT2D eigenvalue weighted by atomic mass is 32.2. The minimum Gasteiger partial charge on any atom is -0.482 e. The number of carbonyl (C=O) groups is 2. The first-order valence-corrected chi connectivity index (χ1v) is 11.1. The van der Waals surface area contributed by atoms with E-state index in [0.717, 1.165) is 10.9 Å². The van der Waals surface area contributed by atoms with Gasteiger partial charge < -0.3 is 19.8 Å². The smallest absolute Gasteiger partial charge is 0.291 e. The maximum atomic E-state index is 13.1. The number of amides is 2. The Bertz CT molecular complexity index is 1250. The molecule has 8 heteroatoms. The number of furan rings is 1. The lowest BCUT2D eigenvalue weighted by Gasteiger charge is -2.18.